The van der Waals surface area contributed by atoms with Gasteiger partial charge in [-0.3, -0.25) is 4.99 Å². The SMILES string of the molecule is C=CCCOCCN=C(N)Nc1cccc(OC)c1.I. The molecular weight excluding hydrogens is 369 g/mol. The molecule has 1 aromatic rings. The van der Waals surface area contributed by atoms with Gasteiger partial charge in [-0.15, -0.1) is 30.6 Å². The van der Waals surface area contributed by atoms with Crippen LogP contribution in [0.5, 0.6) is 5.75 Å². The van der Waals surface area contributed by atoms with Crippen molar-refractivity contribution in [1.29, 1.82) is 0 Å². The van der Waals surface area contributed by atoms with Crippen molar-refractivity contribution in [3.63, 3.8) is 0 Å². The first-order valence-corrected chi connectivity index (χ1v) is 6.16. The van der Waals surface area contributed by atoms with Crippen LogP contribution >= 0.6 is 24.0 Å². The fourth-order valence-corrected chi connectivity index (χ4v) is 1.39. The number of halogens is 1. The minimum atomic E-state index is 0. The highest BCUT2D eigenvalue weighted by atomic mass is 127. The number of guanidine groups is 1. The first-order chi connectivity index (χ1) is 9.26. The second-order valence-electron chi connectivity index (χ2n) is 3.81. The smallest absolute Gasteiger partial charge is 0.193 e. The molecule has 0 bridgehead atoms. The number of ether oxygens (including phenoxy) is 2. The third-order valence-corrected chi connectivity index (χ3v) is 2.33. The van der Waals surface area contributed by atoms with Gasteiger partial charge in [0.05, 0.1) is 26.9 Å². The van der Waals surface area contributed by atoms with Gasteiger partial charge in [-0.1, -0.05) is 12.1 Å². The molecule has 1 aromatic carbocycles. The zero-order chi connectivity index (χ0) is 13.9. The first-order valence-electron chi connectivity index (χ1n) is 6.16. The summed E-state index contributed by atoms with van der Waals surface area (Å²) in [5, 5.41) is 2.99. The molecule has 0 unspecified atom stereocenters. The highest BCUT2D eigenvalue weighted by Gasteiger charge is 1.97. The lowest BCUT2D eigenvalue weighted by molar-refractivity contribution is 0.146. The van der Waals surface area contributed by atoms with Gasteiger partial charge in [-0.05, 0) is 18.6 Å². The molecule has 0 saturated carbocycles. The van der Waals surface area contributed by atoms with Crippen LogP contribution in [0, 0.1) is 0 Å². The fourth-order valence-electron chi connectivity index (χ4n) is 1.39. The van der Waals surface area contributed by atoms with E-state index in [0.29, 0.717) is 25.7 Å². The van der Waals surface area contributed by atoms with E-state index >= 15 is 0 Å². The number of methoxy groups -OCH3 is 1. The Bertz CT molecular complexity index is 425. The van der Waals surface area contributed by atoms with Crippen molar-refractivity contribution >= 4 is 35.6 Å². The maximum Gasteiger partial charge on any atom is 0.193 e. The van der Waals surface area contributed by atoms with E-state index in [1.807, 2.05) is 30.3 Å². The molecule has 112 valence electrons. The van der Waals surface area contributed by atoms with Gasteiger partial charge in [0.1, 0.15) is 5.75 Å². The van der Waals surface area contributed by atoms with E-state index < -0.39 is 0 Å². The van der Waals surface area contributed by atoms with Crippen LogP contribution in [0.1, 0.15) is 6.42 Å². The average Bonchev–Trinajstić information content (AvgIpc) is 2.43. The van der Waals surface area contributed by atoms with Crippen molar-refractivity contribution in [2.45, 2.75) is 6.42 Å². The number of nitrogens with zero attached hydrogens (tertiary/aromatic N) is 1. The maximum absolute atomic E-state index is 5.76. The minimum absolute atomic E-state index is 0. The van der Waals surface area contributed by atoms with Crippen LogP contribution in [-0.2, 0) is 4.74 Å². The molecule has 3 N–H and O–H groups in total. The quantitative estimate of drug-likeness (QED) is 0.235. The van der Waals surface area contributed by atoms with Gasteiger partial charge in [0.2, 0.25) is 0 Å². The Morgan fingerprint density at radius 3 is 2.95 bits per heavy atom. The third-order valence-electron chi connectivity index (χ3n) is 2.33. The predicted octanol–water partition coefficient (Wildman–Crippen LogP) is 2.63. The standard InChI is InChI=1S/C14H21N3O2.HI/c1-3-4-9-19-10-8-16-14(15)17-12-6-5-7-13(11-12)18-2;/h3,5-7,11H,1,4,8-10H2,2H3,(H3,15,16,17);1H. The molecule has 0 saturated heterocycles. The van der Waals surface area contributed by atoms with Crippen LogP contribution in [0.15, 0.2) is 41.9 Å². The van der Waals surface area contributed by atoms with Crippen molar-refractivity contribution in [3.05, 3.63) is 36.9 Å². The fraction of sp³-hybridized carbons (Fsp3) is 0.357. The van der Waals surface area contributed by atoms with Gasteiger partial charge in [-0.2, -0.15) is 0 Å². The Morgan fingerprint density at radius 1 is 1.45 bits per heavy atom. The molecule has 0 spiro atoms. The highest BCUT2D eigenvalue weighted by Crippen LogP contribution is 2.16. The molecule has 20 heavy (non-hydrogen) atoms. The summed E-state index contributed by atoms with van der Waals surface area (Å²) in [5.74, 6) is 1.13. The number of hydrogen-bond donors (Lipinski definition) is 2. The van der Waals surface area contributed by atoms with Gasteiger partial charge in [-0.25, -0.2) is 0 Å². The molecule has 0 radical (unpaired) electrons. The van der Waals surface area contributed by atoms with E-state index in [1.54, 1.807) is 7.11 Å². The summed E-state index contributed by atoms with van der Waals surface area (Å²) in [5.41, 5.74) is 6.61. The Balaban J connectivity index is 0.00000361. The number of nitrogens with one attached hydrogen (secondary N) is 1. The Labute approximate surface area is 137 Å². The Morgan fingerprint density at radius 2 is 2.25 bits per heavy atom. The van der Waals surface area contributed by atoms with Crippen LogP contribution in [0.4, 0.5) is 5.69 Å². The van der Waals surface area contributed by atoms with E-state index in [1.165, 1.54) is 0 Å². The largest absolute Gasteiger partial charge is 0.497 e. The lowest BCUT2D eigenvalue weighted by Crippen LogP contribution is -2.23. The molecule has 6 heteroatoms. The number of hydrogen-bond acceptors (Lipinski definition) is 3. The zero-order valence-corrected chi connectivity index (χ0v) is 14.0. The Hall–Kier alpha value is -1.28. The van der Waals surface area contributed by atoms with Gasteiger partial charge < -0.3 is 20.5 Å². The van der Waals surface area contributed by atoms with Crippen LogP contribution in [0.2, 0.25) is 0 Å². The molecule has 0 heterocycles. The summed E-state index contributed by atoms with van der Waals surface area (Å²) in [6.45, 7) is 5.37. The summed E-state index contributed by atoms with van der Waals surface area (Å²) in [4.78, 5) is 4.16. The number of aliphatic imine (C=N–C) groups is 1. The monoisotopic (exact) mass is 391 g/mol. The van der Waals surface area contributed by atoms with Crippen molar-refractivity contribution in [3.8, 4) is 5.75 Å². The highest BCUT2D eigenvalue weighted by molar-refractivity contribution is 14.0. The van der Waals surface area contributed by atoms with E-state index in [4.69, 9.17) is 15.2 Å². The van der Waals surface area contributed by atoms with E-state index in [0.717, 1.165) is 17.9 Å². The van der Waals surface area contributed by atoms with Crippen LogP contribution in [0.25, 0.3) is 0 Å². The van der Waals surface area contributed by atoms with Crippen molar-refractivity contribution in [1.82, 2.24) is 0 Å². The van der Waals surface area contributed by atoms with E-state index in [-0.39, 0.29) is 24.0 Å². The first kappa shape index (κ1) is 18.7. The lowest BCUT2D eigenvalue weighted by atomic mass is 10.3. The minimum Gasteiger partial charge on any atom is -0.497 e. The second-order valence-corrected chi connectivity index (χ2v) is 3.81. The van der Waals surface area contributed by atoms with Crippen LogP contribution in [-0.4, -0.2) is 32.8 Å². The van der Waals surface area contributed by atoms with Crippen molar-refractivity contribution in [2.75, 3.05) is 32.2 Å². The van der Waals surface area contributed by atoms with Gasteiger partial charge in [0.15, 0.2) is 5.96 Å². The normalized spacial score (nSPS) is 10.6. The van der Waals surface area contributed by atoms with Crippen LogP contribution in [0.3, 0.4) is 0 Å². The van der Waals surface area contributed by atoms with Crippen molar-refractivity contribution < 1.29 is 9.47 Å². The lowest BCUT2D eigenvalue weighted by Gasteiger charge is -2.07. The molecule has 0 amide bonds. The number of nitrogens with two attached hydrogens (primary N) is 1. The van der Waals surface area contributed by atoms with Crippen molar-refractivity contribution in [2.24, 2.45) is 10.7 Å². The van der Waals surface area contributed by atoms with Gasteiger partial charge in [0, 0.05) is 11.8 Å². The maximum atomic E-state index is 5.76. The van der Waals surface area contributed by atoms with Gasteiger partial charge in [0.25, 0.3) is 0 Å². The molecule has 0 aliphatic carbocycles. The van der Waals surface area contributed by atoms with E-state index in [9.17, 15) is 0 Å². The number of benzene rings is 1. The second kappa shape index (κ2) is 11.5. The van der Waals surface area contributed by atoms with Gasteiger partial charge >= 0.3 is 0 Å². The molecule has 0 aliphatic heterocycles. The zero-order valence-electron chi connectivity index (χ0n) is 11.7. The summed E-state index contributed by atoms with van der Waals surface area (Å²) < 4.78 is 10.5. The molecule has 5 nitrogen and oxygen atoms in total. The number of anilines is 1. The molecule has 0 aliphatic rings. The average molecular weight is 391 g/mol. The predicted molar refractivity (Wildman–Crippen MR) is 94.2 cm³/mol. The molecule has 1 rings (SSSR count). The van der Waals surface area contributed by atoms with Crippen LogP contribution < -0.4 is 15.8 Å². The summed E-state index contributed by atoms with van der Waals surface area (Å²) in [6, 6.07) is 7.49. The van der Waals surface area contributed by atoms with E-state index in [2.05, 4.69) is 16.9 Å². The molecule has 0 aromatic heterocycles. The number of rotatable bonds is 8. The topological polar surface area (TPSA) is 68.9 Å². The summed E-state index contributed by atoms with van der Waals surface area (Å²) in [6.07, 6.45) is 2.67. The summed E-state index contributed by atoms with van der Waals surface area (Å²) in [7, 11) is 1.62. The molecule has 0 atom stereocenters. The molecular formula is C14H22IN3O2. The molecule has 0 fully saturated rings. The summed E-state index contributed by atoms with van der Waals surface area (Å²) >= 11 is 0. The Kier molecular flexibility index (Phi) is 10.8. The third kappa shape index (κ3) is 8.00.